The van der Waals surface area contributed by atoms with Gasteiger partial charge >= 0.3 is 0 Å². The lowest BCUT2D eigenvalue weighted by molar-refractivity contribution is -0.134. The quantitative estimate of drug-likeness (QED) is 0.847. The fraction of sp³-hybridized carbons (Fsp3) is 0.533. The molecule has 2 amide bonds. The number of nitrogens with one attached hydrogen (secondary N) is 1. The van der Waals surface area contributed by atoms with Gasteiger partial charge in [-0.05, 0) is 43.9 Å². The van der Waals surface area contributed by atoms with Gasteiger partial charge in [-0.2, -0.15) is 0 Å². The van der Waals surface area contributed by atoms with Gasteiger partial charge in [-0.3, -0.25) is 19.9 Å². The monoisotopic (exact) mass is 260 g/mol. The first-order valence-electron chi connectivity index (χ1n) is 6.83. The van der Waals surface area contributed by atoms with E-state index >= 15 is 0 Å². The summed E-state index contributed by atoms with van der Waals surface area (Å²) in [5.74, 6) is -0.686. The SMILES string of the molecule is CCCc1c(C)cc(C2CCC(=O)NC2=O)nc1C. The van der Waals surface area contributed by atoms with E-state index in [1.807, 2.05) is 13.0 Å². The van der Waals surface area contributed by atoms with E-state index in [0.717, 1.165) is 24.2 Å². The maximum Gasteiger partial charge on any atom is 0.235 e. The molecule has 4 heteroatoms. The second kappa shape index (κ2) is 5.51. The smallest absolute Gasteiger partial charge is 0.235 e. The molecule has 0 radical (unpaired) electrons. The molecule has 0 spiro atoms. The van der Waals surface area contributed by atoms with Crippen molar-refractivity contribution in [2.75, 3.05) is 0 Å². The number of imide groups is 1. The van der Waals surface area contributed by atoms with Gasteiger partial charge in [0.1, 0.15) is 0 Å². The number of aryl methyl sites for hydroxylation is 2. The highest BCUT2D eigenvalue weighted by Crippen LogP contribution is 2.26. The van der Waals surface area contributed by atoms with Crippen LogP contribution in [0.4, 0.5) is 0 Å². The van der Waals surface area contributed by atoms with E-state index in [9.17, 15) is 9.59 Å². The third-order valence-corrected chi connectivity index (χ3v) is 3.67. The molecule has 2 heterocycles. The molecule has 1 aliphatic rings. The van der Waals surface area contributed by atoms with Crippen molar-refractivity contribution in [1.29, 1.82) is 0 Å². The van der Waals surface area contributed by atoms with Crippen molar-refractivity contribution in [3.8, 4) is 0 Å². The third kappa shape index (κ3) is 2.83. The maximum atomic E-state index is 11.9. The van der Waals surface area contributed by atoms with Crippen LogP contribution in [0.5, 0.6) is 0 Å². The van der Waals surface area contributed by atoms with Gasteiger partial charge in [0.25, 0.3) is 0 Å². The molecule has 1 aromatic rings. The van der Waals surface area contributed by atoms with Crippen LogP contribution < -0.4 is 5.32 Å². The molecule has 1 saturated heterocycles. The number of carbonyl (C=O) groups is 2. The summed E-state index contributed by atoms with van der Waals surface area (Å²) in [4.78, 5) is 27.6. The van der Waals surface area contributed by atoms with Crippen LogP contribution in [0.2, 0.25) is 0 Å². The van der Waals surface area contributed by atoms with Gasteiger partial charge in [-0.25, -0.2) is 0 Å². The lowest BCUT2D eigenvalue weighted by Gasteiger charge is -2.22. The Morgan fingerprint density at radius 3 is 2.68 bits per heavy atom. The molecule has 4 nitrogen and oxygen atoms in total. The number of nitrogens with zero attached hydrogens (tertiary/aromatic N) is 1. The first-order chi connectivity index (χ1) is 9.02. The standard InChI is InChI=1S/C15H20N2O2/c1-4-5-11-9(2)8-13(16-10(11)3)12-6-7-14(18)17-15(12)19/h8,12H,4-7H2,1-3H3,(H,17,18,19). The first-order valence-corrected chi connectivity index (χ1v) is 6.83. The molecule has 1 unspecified atom stereocenters. The molecule has 1 aliphatic heterocycles. The van der Waals surface area contributed by atoms with Gasteiger partial charge in [-0.15, -0.1) is 0 Å². The minimum Gasteiger partial charge on any atom is -0.296 e. The highest BCUT2D eigenvalue weighted by Gasteiger charge is 2.29. The van der Waals surface area contributed by atoms with Gasteiger partial charge in [0.15, 0.2) is 0 Å². The van der Waals surface area contributed by atoms with E-state index in [0.29, 0.717) is 12.8 Å². The number of piperidine rings is 1. The van der Waals surface area contributed by atoms with Gasteiger partial charge < -0.3 is 0 Å². The second-order valence-corrected chi connectivity index (χ2v) is 5.18. The summed E-state index contributed by atoms with van der Waals surface area (Å²) in [5, 5.41) is 2.39. The summed E-state index contributed by atoms with van der Waals surface area (Å²) in [5.41, 5.74) is 4.26. The number of hydrogen-bond donors (Lipinski definition) is 1. The lowest BCUT2D eigenvalue weighted by atomic mass is 9.91. The molecule has 102 valence electrons. The number of pyridine rings is 1. The van der Waals surface area contributed by atoms with Gasteiger partial charge in [0, 0.05) is 12.1 Å². The van der Waals surface area contributed by atoms with E-state index in [2.05, 4.69) is 24.1 Å². The largest absolute Gasteiger partial charge is 0.296 e. The molecular formula is C15H20N2O2. The Morgan fingerprint density at radius 1 is 1.37 bits per heavy atom. The molecule has 0 aliphatic carbocycles. The minimum absolute atomic E-state index is 0.183. The highest BCUT2D eigenvalue weighted by molar-refractivity contribution is 6.00. The molecule has 0 aromatic carbocycles. The summed E-state index contributed by atoms with van der Waals surface area (Å²) in [6.07, 6.45) is 3.05. The average Bonchev–Trinajstić information content (AvgIpc) is 2.33. The van der Waals surface area contributed by atoms with Crippen LogP contribution in [-0.4, -0.2) is 16.8 Å². The van der Waals surface area contributed by atoms with Crippen LogP contribution in [0, 0.1) is 13.8 Å². The van der Waals surface area contributed by atoms with E-state index in [1.54, 1.807) is 0 Å². The molecule has 0 bridgehead atoms. The summed E-state index contributed by atoms with van der Waals surface area (Å²) >= 11 is 0. The number of aromatic nitrogens is 1. The van der Waals surface area contributed by atoms with Crippen molar-refractivity contribution in [2.45, 2.75) is 52.4 Å². The van der Waals surface area contributed by atoms with Crippen LogP contribution >= 0.6 is 0 Å². The number of hydrogen-bond acceptors (Lipinski definition) is 3. The third-order valence-electron chi connectivity index (χ3n) is 3.67. The average molecular weight is 260 g/mol. The highest BCUT2D eigenvalue weighted by atomic mass is 16.2. The van der Waals surface area contributed by atoms with Crippen molar-refractivity contribution in [1.82, 2.24) is 10.3 Å². The van der Waals surface area contributed by atoms with Crippen LogP contribution in [0.25, 0.3) is 0 Å². The minimum atomic E-state index is -0.286. The summed E-state index contributed by atoms with van der Waals surface area (Å²) < 4.78 is 0. The Labute approximate surface area is 113 Å². The van der Waals surface area contributed by atoms with E-state index in [4.69, 9.17) is 0 Å². The summed E-state index contributed by atoms with van der Waals surface area (Å²) in [7, 11) is 0. The number of rotatable bonds is 3. The molecule has 1 N–H and O–H groups in total. The Bertz CT molecular complexity index is 500. The first kappa shape index (κ1) is 13.7. The normalized spacial score (nSPS) is 19.4. The predicted octanol–water partition coefficient (Wildman–Crippen LogP) is 2.17. The van der Waals surface area contributed by atoms with Crippen LogP contribution in [0.1, 0.15) is 54.6 Å². The molecule has 2 rings (SSSR count). The zero-order valence-corrected chi connectivity index (χ0v) is 11.7. The van der Waals surface area contributed by atoms with Gasteiger partial charge in [-0.1, -0.05) is 13.3 Å². The van der Waals surface area contributed by atoms with Crippen molar-refractivity contribution < 1.29 is 9.59 Å². The zero-order chi connectivity index (χ0) is 14.0. The van der Waals surface area contributed by atoms with Gasteiger partial charge in [0.05, 0.1) is 11.6 Å². The Kier molecular flexibility index (Phi) is 3.98. The second-order valence-electron chi connectivity index (χ2n) is 5.18. The van der Waals surface area contributed by atoms with Crippen LogP contribution in [-0.2, 0) is 16.0 Å². The van der Waals surface area contributed by atoms with Crippen LogP contribution in [0.15, 0.2) is 6.07 Å². The lowest BCUT2D eigenvalue weighted by Crippen LogP contribution is -2.39. The molecule has 19 heavy (non-hydrogen) atoms. The predicted molar refractivity (Wildman–Crippen MR) is 72.8 cm³/mol. The van der Waals surface area contributed by atoms with E-state index < -0.39 is 0 Å². The maximum absolute atomic E-state index is 11.9. The Morgan fingerprint density at radius 2 is 2.11 bits per heavy atom. The van der Waals surface area contributed by atoms with Crippen molar-refractivity contribution >= 4 is 11.8 Å². The molecule has 1 aromatic heterocycles. The topological polar surface area (TPSA) is 59.1 Å². The number of carbonyl (C=O) groups excluding carboxylic acids is 2. The van der Waals surface area contributed by atoms with Crippen LogP contribution in [0.3, 0.4) is 0 Å². The Hall–Kier alpha value is -1.71. The molecular weight excluding hydrogens is 240 g/mol. The van der Waals surface area contributed by atoms with E-state index in [1.165, 1.54) is 11.1 Å². The Balaban J connectivity index is 2.31. The van der Waals surface area contributed by atoms with Crippen molar-refractivity contribution in [2.24, 2.45) is 0 Å². The summed E-state index contributed by atoms with van der Waals surface area (Å²) in [6.45, 7) is 6.20. The van der Waals surface area contributed by atoms with Gasteiger partial charge in [0.2, 0.25) is 11.8 Å². The van der Waals surface area contributed by atoms with E-state index in [-0.39, 0.29) is 17.7 Å². The summed E-state index contributed by atoms with van der Waals surface area (Å²) in [6, 6.07) is 2.00. The molecule has 1 atom stereocenters. The van der Waals surface area contributed by atoms with Crippen molar-refractivity contribution in [3.63, 3.8) is 0 Å². The van der Waals surface area contributed by atoms with Crippen molar-refractivity contribution in [3.05, 3.63) is 28.6 Å². The fourth-order valence-corrected chi connectivity index (χ4v) is 2.67. The zero-order valence-electron chi connectivity index (χ0n) is 11.7. The molecule has 0 saturated carbocycles. The molecule has 1 fully saturated rings. The fourth-order valence-electron chi connectivity index (χ4n) is 2.67. The number of amides is 2.